The molecule has 2 aromatic rings. The third-order valence-corrected chi connectivity index (χ3v) is 2.64. The van der Waals surface area contributed by atoms with Gasteiger partial charge in [0.25, 0.3) is 0 Å². The van der Waals surface area contributed by atoms with Gasteiger partial charge >= 0.3 is 0 Å². The van der Waals surface area contributed by atoms with Gasteiger partial charge in [-0.05, 0) is 0 Å². The van der Waals surface area contributed by atoms with Crippen molar-refractivity contribution in [2.45, 2.75) is 13.0 Å². The number of nitrogens with zero attached hydrogens (tertiary/aromatic N) is 3. The van der Waals surface area contributed by atoms with Crippen LogP contribution in [0.3, 0.4) is 0 Å². The first-order valence-corrected chi connectivity index (χ1v) is 4.97. The average molecular weight is 201 g/mol. The molecule has 1 aliphatic heterocycles. The smallest absolute Gasteiger partial charge is 0.115 e. The lowest BCUT2D eigenvalue weighted by atomic mass is 10.0. The topological polar surface area (TPSA) is 66.5 Å². The molecule has 3 rings (SSSR count). The van der Waals surface area contributed by atoms with Gasteiger partial charge < -0.3 is 5.32 Å². The lowest BCUT2D eigenvalue weighted by molar-refractivity contribution is 0.637. The van der Waals surface area contributed by atoms with Crippen LogP contribution in [0.15, 0.2) is 18.7 Å². The number of aromatic amines is 1. The standard InChI is InChI=1S/C10H11N5/c1-2-11-5-8-9(1)14-15-10(8)7-3-12-6-13-4-7/h3-4,6,11H,1-2,5H2,(H,14,15). The fraction of sp³-hybridized carbons (Fsp3) is 0.300. The fourth-order valence-electron chi connectivity index (χ4n) is 1.89. The third-order valence-electron chi connectivity index (χ3n) is 2.64. The first kappa shape index (κ1) is 8.55. The quantitative estimate of drug-likeness (QED) is 0.705. The summed E-state index contributed by atoms with van der Waals surface area (Å²) in [7, 11) is 0. The van der Waals surface area contributed by atoms with Gasteiger partial charge in [0, 0.05) is 48.7 Å². The van der Waals surface area contributed by atoms with Gasteiger partial charge in [-0.25, -0.2) is 9.97 Å². The molecule has 0 amide bonds. The van der Waals surface area contributed by atoms with Crippen LogP contribution in [0.25, 0.3) is 11.3 Å². The van der Waals surface area contributed by atoms with E-state index in [1.165, 1.54) is 17.6 Å². The summed E-state index contributed by atoms with van der Waals surface area (Å²) in [5, 5.41) is 10.7. The second kappa shape index (κ2) is 3.43. The molecule has 2 N–H and O–H groups in total. The molecule has 0 saturated heterocycles. The minimum atomic E-state index is 0.871. The highest BCUT2D eigenvalue weighted by Crippen LogP contribution is 2.24. The highest BCUT2D eigenvalue weighted by Gasteiger charge is 2.17. The highest BCUT2D eigenvalue weighted by atomic mass is 15.1. The van der Waals surface area contributed by atoms with Crippen LogP contribution in [0.1, 0.15) is 11.3 Å². The Morgan fingerprint density at radius 2 is 2.07 bits per heavy atom. The van der Waals surface area contributed by atoms with Crippen LogP contribution in [-0.4, -0.2) is 26.7 Å². The molecule has 0 aliphatic carbocycles. The van der Waals surface area contributed by atoms with Gasteiger partial charge in [-0.1, -0.05) is 0 Å². The zero-order valence-electron chi connectivity index (χ0n) is 8.20. The number of aromatic nitrogens is 4. The van der Waals surface area contributed by atoms with Gasteiger partial charge in [-0.2, -0.15) is 5.10 Å². The maximum atomic E-state index is 4.32. The fourth-order valence-corrected chi connectivity index (χ4v) is 1.89. The Hall–Kier alpha value is -1.75. The van der Waals surface area contributed by atoms with Gasteiger partial charge in [-0.3, -0.25) is 5.10 Å². The van der Waals surface area contributed by atoms with E-state index in [0.717, 1.165) is 30.8 Å². The molecule has 0 bridgehead atoms. The van der Waals surface area contributed by atoms with E-state index in [1.54, 1.807) is 12.4 Å². The van der Waals surface area contributed by atoms with Crippen LogP contribution < -0.4 is 5.32 Å². The molecule has 2 aromatic heterocycles. The number of rotatable bonds is 1. The van der Waals surface area contributed by atoms with Gasteiger partial charge in [0.1, 0.15) is 6.33 Å². The van der Waals surface area contributed by atoms with E-state index in [1.807, 2.05) is 0 Å². The van der Waals surface area contributed by atoms with Crippen LogP contribution in [0, 0.1) is 0 Å². The Kier molecular flexibility index (Phi) is 1.96. The molecule has 0 unspecified atom stereocenters. The van der Waals surface area contributed by atoms with Gasteiger partial charge in [0.05, 0.1) is 5.69 Å². The van der Waals surface area contributed by atoms with E-state index in [2.05, 4.69) is 25.5 Å². The summed E-state index contributed by atoms with van der Waals surface area (Å²) in [5.41, 5.74) is 4.42. The van der Waals surface area contributed by atoms with E-state index >= 15 is 0 Å². The molecule has 5 heteroatoms. The van der Waals surface area contributed by atoms with Gasteiger partial charge in [-0.15, -0.1) is 0 Å². The molecule has 15 heavy (non-hydrogen) atoms. The number of fused-ring (bicyclic) bond motifs is 1. The second-order valence-corrected chi connectivity index (χ2v) is 3.58. The molecule has 0 atom stereocenters. The monoisotopic (exact) mass is 201 g/mol. The van der Waals surface area contributed by atoms with Crippen molar-refractivity contribution in [3.8, 4) is 11.3 Å². The summed E-state index contributed by atoms with van der Waals surface area (Å²) in [4.78, 5) is 8.01. The molecule has 76 valence electrons. The van der Waals surface area contributed by atoms with Crippen LogP contribution in [0.4, 0.5) is 0 Å². The van der Waals surface area contributed by atoms with E-state index < -0.39 is 0 Å². The molecule has 0 fully saturated rings. The summed E-state index contributed by atoms with van der Waals surface area (Å²) in [6.07, 6.45) is 6.12. The maximum absolute atomic E-state index is 4.32. The van der Waals surface area contributed by atoms with Gasteiger partial charge in [0.2, 0.25) is 0 Å². The minimum absolute atomic E-state index is 0.871. The molecular formula is C10H11N5. The van der Waals surface area contributed by atoms with E-state index in [4.69, 9.17) is 0 Å². The Balaban J connectivity index is 2.09. The van der Waals surface area contributed by atoms with Gasteiger partial charge in [0.15, 0.2) is 0 Å². The summed E-state index contributed by atoms with van der Waals surface area (Å²) in [6.45, 7) is 1.88. The van der Waals surface area contributed by atoms with Crippen molar-refractivity contribution < 1.29 is 0 Å². The van der Waals surface area contributed by atoms with E-state index in [9.17, 15) is 0 Å². The van der Waals surface area contributed by atoms with Crippen molar-refractivity contribution in [3.05, 3.63) is 30.0 Å². The largest absolute Gasteiger partial charge is 0.312 e. The molecule has 0 radical (unpaired) electrons. The Labute approximate surface area is 87.0 Å². The molecule has 5 nitrogen and oxygen atoms in total. The molecule has 0 spiro atoms. The Morgan fingerprint density at radius 3 is 2.93 bits per heavy atom. The first-order valence-electron chi connectivity index (χ1n) is 4.97. The summed E-state index contributed by atoms with van der Waals surface area (Å²) in [6, 6.07) is 0. The van der Waals surface area contributed by atoms with Crippen molar-refractivity contribution in [1.82, 2.24) is 25.5 Å². The maximum Gasteiger partial charge on any atom is 0.115 e. The molecule has 0 saturated carbocycles. The number of hydrogen-bond donors (Lipinski definition) is 2. The number of nitrogens with one attached hydrogen (secondary N) is 2. The molecule has 0 aromatic carbocycles. The summed E-state index contributed by atoms with van der Waals surface area (Å²) in [5.74, 6) is 0. The Morgan fingerprint density at radius 1 is 1.20 bits per heavy atom. The average Bonchev–Trinajstić information content (AvgIpc) is 2.74. The van der Waals surface area contributed by atoms with E-state index in [0.29, 0.717) is 0 Å². The van der Waals surface area contributed by atoms with Crippen LogP contribution in [0.2, 0.25) is 0 Å². The third kappa shape index (κ3) is 1.41. The second-order valence-electron chi connectivity index (χ2n) is 3.58. The van der Waals surface area contributed by atoms with Crippen molar-refractivity contribution in [2.75, 3.05) is 6.54 Å². The minimum Gasteiger partial charge on any atom is -0.312 e. The first-order chi connectivity index (χ1) is 7.45. The zero-order chi connectivity index (χ0) is 10.1. The lowest BCUT2D eigenvalue weighted by Crippen LogP contribution is -2.23. The molecular weight excluding hydrogens is 190 g/mol. The molecule has 1 aliphatic rings. The normalized spacial score (nSPS) is 14.9. The van der Waals surface area contributed by atoms with Crippen molar-refractivity contribution >= 4 is 0 Å². The lowest BCUT2D eigenvalue weighted by Gasteiger charge is -2.12. The number of hydrogen-bond acceptors (Lipinski definition) is 4. The van der Waals surface area contributed by atoms with Crippen LogP contribution in [0.5, 0.6) is 0 Å². The predicted octanol–water partition coefficient (Wildman–Crippen LogP) is 0.512. The highest BCUT2D eigenvalue weighted by molar-refractivity contribution is 5.62. The van der Waals surface area contributed by atoms with E-state index in [-0.39, 0.29) is 0 Å². The zero-order valence-corrected chi connectivity index (χ0v) is 8.20. The SMILES string of the molecule is c1ncc(-c2n[nH]c3c2CNCC3)cn1. The Bertz CT molecular complexity index is 462. The van der Waals surface area contributed by atoms with Crippen molar-refractivity contribution in [3.63, 3.8) is 0 Å². The summed E-state index contributed by atoms with van der Waals surface area (Å²) >= 11 is 0. The van der Waals surface area contributed by atoms with Crippen LogP contribution >= 0.6 is 0 Å². The molecule has 3 heterocycles. The summed E-state index contributed by atoms with van der Waals surface area (Å²) < 4.78 is 0. The predicted molar refractivity (Wildman–Crippen MR) is 55.0 cm³/mol. The van der Waals surface area contributed by atoms with Crippen molar-refractivity contribution in [1.29, 1.82) is 0 Å². The van der Waals surface area contributed by atoms with Crippen molar-refractivity contribution in [2.24, 2.45) is 0 Å². The van der Waals surface area contributed by atoms with Crippen LogP contribution in [-0.2, 0) is 13.0 Å². The number of H-pyrrole nitrogens is 1.